The third-order valence-corrected chi connectivity index (χ3v) is 6.39. The standard InChI is InChI=1S/C22H19N5O8S2/c1-35-21(30)14-6-4-13(5-7-14)11-18-20(29)25(22(36)37-18)10-2-3-19(28)24-23-16-9-8-15(26(31)32)12-17(16)27(33)34/h4-9,11-12,23H,2-3,10H2,1H3,(H,24,28)/b18-11-. The molecule has 0 aromatic heterocycles. The number of non-ortho nitro benzene ring substituents is 1. The third-order valence-electron chi connectivity index (χ3n) is 5.01. The van der Waals surface area contributed by atoms with E-state index in [4.69, 9.17) is 12.2 Å². The second kappa shape index (κ2) is 12.0. The molecule has 1 heterocycles. The molecule has 3 rings (SSSR count). The molecule has 2 amide bonds. The van der Waals surface area contributed by atoms with Gasteiger partial charge in [0.05, 0.1) is 33.5 Å². The maximum atomic E-state index is 12.8. The minimum Gasteiger partial charge on any atom is -0.465 e. The summed E-state index contributed by atoms with van der Waals surface area (Å²) in [6.07, 6.45) is 1.87. The van der Waals surface area contributed by atoms with Gasteiger partial charge in [-0.15, -0.1) is 0 Å². The number of nitrogens with one attached hydrogen (secondary N) is 2. The van der Waals surface area contributed by atoms with Crippen LogP contribution in [0.1, 0.15) is 28.8 Å². The van der Waals surface area contributed by atoms with Crippen LogP contribution >= 0.6 is 24.0 Å². The van der Waals surface area contributed by atoms with Crippen molar-refractivity contribution in [2.75, 3.05) is 19.1 Å². The molecule has 1 saturated heterocycles. The molecule has 2 N–H and O–H groups in total. The molecule has 2 aromatic rings. The second-order valence-electron chi connectivity index (χ2n) is 7.44. The number of rotatable bonds is 10. The molecule has 0 radical (unpaired) electrons. The maximum absolute atomic E-state index is 12.8. The number of ether oxygens (including phenoxy) is 1. The molecule has 37 heavy (non-hydrogen) atoms. The van der Waals surface area contributed by atoms with Crippen LogP contribution in [0.2, 0.25) is 0 Å². The first-order valence-corrected chi connectivity index (χ1v) is 11.7. The van der Waals surface area contributed by atoms with Crippen LogP contribution in [0.15, 0.2) is 47.4 Å². The van der Waals surface area contributed by atoms with Crippen molar-refractivity contribution in [3.8, 4) is 0 Å². The molecule has 2 aromatic carbocycles. The van der Waals surface area contributed by atoms with E-state index in [-0.39, 0.29) is 31.0 Å². The Morgan fingerprint density at radius 2 is 1.84 bits per heavy atom. The lowest BCUT2D eigenvalue weighted by Gasteiger charge is -2.14. The van der Waals surface area contributed by atoms with Gasteiger partial charge < -0.3 is 4.74 Å². The fourth-order valence-corrected chi connectivity index (χ4v) is 4.47. The molecule has 0 saturated carbocycles. The highest BCUT2D eigenvalue weighted by atomic mass is 32.2. The van der Waals surface area contributed by atoms with Crippen molar-refractivity contribution >= 4 is 69.2 Å². The minimum absolute atomic E-state index is 0.0289. The van der Waals surface area contributed by atoms with E-state index in [2.05, 4.69) is 15.6 Å². The Bertz CT molecular complexity index is 1310. The van der Waals surface area contributed by atoms with Gasteiger partial charge in [-0.2, -0.15) is 0 Å². The first-order valence-electron chi connectivity index (χ1n) is 10.5. The van der Waals surface area contributed by atoms with E-state index < -0.39 is 33.1 Å². The van der Waals surface area contributed by atoms with Crippen LogP contribution in [0, 0.1) is 20.2 Å². The number of methoxy groups -OCH3 is 1. The Morgan fingerprint density at radius 1 is 1.14 bits per heavy atom. The van der Waals surface area contributed by atoms with E-state index in [0.29, 0.717) is 20.4 Å². The predicted molar refractivity (Wildman–Crippen MR) is 138 cm³/mol. The SMILES string of the molecule is COC(=O)c1ccc(/C=C2\SC(=S)N(CCCC(=O)NNc3ccc([N+](=O)[O-])cc3[N+](=O)[O-])C2=O)cc1. The van der Waals surface area contributed by atoms with Crippen molar-refractivity contribution in [1.29, 1.82) is 0 Å². The second-order valence-corrected chi connectivity index (χ2v) is 9.12. The molecule has 1 fully saturated rings. The number of esters is 1. The van der Waals surface area contributed by atoms with Gasteiger partial charge in [0.15, 0.2) is 0 Å². The summed E-state index contributed by atoms with van der Waals surface area (Å²) in [4.78, 5) is 58.7. The summed E-state index contributed by atoms with van der Waals surface area (Å²) in [6, 6.07) is 9.47. The van der Waals surface area contributed by atoms with Crippen molar-refractivity contribution in [3.63, 3.8) is 0 Å². The molecule has 0 spiro atoms. The molecule has 13 nitrogen and oxygen atoms in total. The molecule has 0 bridgehead atoms. The lowest BCUT2D eigenvalue weighted by atomic mass is 10.1. The summed E-state index contributed by atoms with van der Waals surface area (Å²) in [5.74, 6) is -1.30. The predicted octanol–water partition coefficient (Wildman–Crippen LogP) is 3.41. The van der Waals surface area contributed by atoms with Crippen LogP contribution in [0.25, 0.3) is 6.08 Å². The number of thioether (sulfide) groups is 1. The number of nitro benzene ring substituents is 2. The fraction of sp³-hybridized carbons (Fsp3) is 0.182. The number of anilines is 1. The zero-order valence-electron chi connectivity index (χ0n) is 19.2. The van der Waals surface area contributed by atoms with Crippen LogP contribution < -0.4 is 10.9 Å². The van der Waals surface area contributed by atoms with Crippen molar-refractivity contribution in [1.82, 2.24) is 10.3 Å². The van der Waals surface area contributed by atoms with E-state index in [1.54, 1.807) is 30.3 Å². The molecule has 1 aliphatic heterocycles. The lowest BCUT2D eigenvalue weighted by molar-refractivity contribution is -0.393. The average molecular weight is 546 g/mol. The van der Waals surface area contributed by atoms with E-state index in [0.717, 1.165) is 30.0 Å². The molecule has 0 aliphatic carbocycles. The third kappa shape index (κ3) is 6.86. The molecule has 0 atom stereocenters. The highest BCUT2D eigenvalue weighted by Gasteiger charge is 2.31. The van der Waals surface area contributed by atoms with Crippen molar-refractivity contribution in [2.45, 2.75) is 12.8 Å². The molecule has 192 valence electrons. The van der Waals surface area contributed by atoms with E-state index in [9.17, 15) is 34.6 Å². The van der Waals surface area contributed by atoms with Crippen molar-refractivity contribution in [2.24, 2.45) is 0 Å². The molecular weight excluding hydrogens is 526 g/mol. The van der Waals surface area contributed by atoms with Gasteiger partial charge in [0.25, 0.3) is 11.6 Å². The molecular formula is C22H19N5O8S2. The maximum Gasteiger partial charge on any atom is 0.337 e. The van der Waals surface area contributed by atoms with Gasteiger partial charge in [-0.1, -0.05) is 36.1 Å². The fourth-order valence-electron chi connectivity index (χ4n) is 3.17. The van der Waals surface area contributed by atoms with Crippen LogP contribution in [0.3, 0.4) is 0 Å². The highest BCUT2D eigenvalue weighted by Crippen LogP contribution is 2.33. The van der Waals surface area contributed by atoms with Gasteiger partial charge in [0.2, 0.25) is 5.91 Å². The van der Waals surface area contributed by atoms with Gasteiger partial charge in [0.1, 0.15) is 10.0 Å². The number of amides is 2. The number of benzene rings is 2. The van der Waals surface area contributed by atoms with Crippen LogP contribution in [-0.2, 0) is 14.3 Å². The number of nitro groups is 2. The number of nitrogens with zero attached hydrogens (tertiary/aromatic N) is 3. The number of hydrogen-bond acceptors (Lipinski definition) is 11. The first kappa shape index (κ1) is 27.2. The largest absolute Gasteiger partial charge is 0.465 e. The zero-order chi connectivity index (χ0) is 27.1. The summed E-state index contributed by atoms with van der Waals surface area (Å²) in [7, 11) is 1.28. The Hall–Kier alpha value is -4.37. The smallest absolute Gasteiger partial charge is 0.337 e. The van der Waals surface area contributed by atoms with Gasteiger partial charge in [-0.3, -0.25) is 45.6 Å². The highest BCUT2D eigenvalue weighted by molar-refractivity contribution is 8.26. The topological polar surface area (TPSA) is 174 Å². The Labute approximate surface area is 219 Å². The molecule has 0 unspecified atom stereocenters. The number of hydrogen-bond donors (Lipinski definition) is 2. The number of carbonyl (C=O) groups excluding carboxylic acids is 3. The number of hydrazine groups is 1. The summed E-state index contributed by atoms with van der Waals surface area (Å²) in [6.45, 7) is 0.175. The van der Waals surface area contributed by atoms with Crippen LogP contribution in [-0.4, -0.2) is 50.5 Å². The van der Waals surface area contributed by atoms with Crippen LogP contribution in [0.4, 0.5) is 17.1 Å². The number of carbonyl (C=O) groups is 3. The Balaban J connectivity index is 1.52. The first-order chi connectivity index (χ1) is 17.6. The van der Waals surface area contributed by atoms with Crippen LogP contribution in [0.5, 0.6) is 0 Å². The Kier molecular flexibility index (Phi) is 8.86. The average Bonchev–Trinajstić information content (AvgIpc) is 3.14. The minimum atomic E-state index is -0.808. The quantitative estimate of drug-likeness (QED) is 0.147. The van der Waals surface area contributed by atoms with E-state index in [1.807, 2.05) is 0 Å². The summed E-state index contributed by atoms with van der Waals surface area (Å²) in [5.41, 5.74) is 4.62. The number of thiocarbonyl (C=S) groups is 1. The monoisotopic (exact) mass is 545 g/mol. The van der Waals surface area contributed by atoms with Gasteiger partial charge in [-0.25, -0.2) is 4.79 Å². The van der Waals surface area contributed by atoms with Crippen molar-refractivity contribution < 1.29 is 29.0 Å². The van der Waals surface area contributed by atoms with Gasteiger partial charge >= 0.3 is 11.7 Å². The lowest BCUT2D eigenvalue weighted by Crippen LogP contribution is -2.32. The Morgan fingerprint density at radius 3 is 2.46 bits per heavy atom. The summed E-state index contributed by atoms with van der Waals surface area (Å²) in [5, 5.41) is 22.0. The summed E-state index contributed by atoms with van der Waals surface area (Å²) < 4.78 is 4.99. The molecule has 15 heteroatoms. The van der Waals surface area contributed by atoms with Crippen molar-refractivity contribution in [3.05, 3.63) is 78.7 Å². The normalized spacial score (nSPS) is 14.0. The van der Waals surface area contributed by atoms with Gasteiger partial charge in [-0.05, 0) is 36.3 Å². The van der Waals surface area contributed by atoms with E-state index >= 15 is 0 Å². The summed E-state index contributed by atoms with van der Waals surface area (Å²) >= 11 is 6.40. The van der Waals surface area contributed by atoms with Gasteiger partial charge in [0, 0.05) is 19.0 Å². The van der Waals surface area contributed by atoms with E-state index in [1.165, 1.54) is 12.0 Å². The molecule has 1 aliphatic rings. The zero-order valence-corrected chi connectivity index (χ0v) is 20.8.